The van der Waals surface area contributed by atoms with E-state index in [2.05, 4.69) is 22.6 Å². The first-order valence-electron chi connectivity index (χ1n) is 5.24. The van der Waals surface area contributed by atoms with Gasteiger partial charge in [-0.3, -0.25) is 4.68 Å². The second-order valence-electron chi connectivity index (χ2n) is 3.82. The molecular formula is C11H17N3. The Hall–Kier alpha value is -1.09. The summed E-state index contributed by atoms with van der Waals surface area (Å²) in [7, 11) is 1.96. The molecule has 76 valence electrons. The van der Waals surface area contributed by atoms with Gasteiger partial charge in [-0.25, -0.2) is 0 Å². The molecule has 0 unspecified atom stereocenters. The van der Waals surface area contributed by atoms with Crippen LogP contribution in [0.4, 0.5) is 0 Å². The van der Waals surface area contributed by atoms with Gasteiger partial charge in [0, 0.05) is 13.2 Å². The largest absolute Gasteiger partial charge is 0.316 e. The van der Waals surface area contributed by atoms with Crippen molar-refractivity contribution in [1.82, 2.24) is 15.1 Å². The molecule has 1 saturated heterocycles. The molecule has 0 atom stereocenters. The quantitative estimate of drug-likeness (QED) is 0.730. The zero-order valence-corrected chi connectivity index (χ0v) is 8.66. The van der Waals surface area contributed by atoms with Gasteiger partial charge in [-0.1, -0.05) is 5.57 Å². The highest BCUT2D eigenvalue weighted by molar-refractivity contribution is 5.48. The molecule has 2 rings (SSSR count). The Morgan fingerprint density at radius 3 is 3.14 bits per heavy atom. The van der Waals surface area contributed by atoms with Crippen LogP contribution in [0.3, 0.4) is 0 Å². The SMILES string of the molecule is Cn1ccc(/C=C2/CCCNCC2)n1. The number of aromatic nitrogens is 2. The first-order chi connectivity index (χ1) is 6.84. The lowest BCUT2D eigenvalue weighted by molar-refractivity contribution is 0.703. The Kier molecular flexibility index (Phi) is 2.99. The van der Waals surface area contributed by atoms with Crippen molar-refractivity contribution < 1.29 is 0 Å². The summed E-state index contributed by atoms with van der Waals surface area (Å²) in [5, 5.41) is 7.76. The predicted octanol–water partition coefficient (Wildman–Crippen LogP) is 1.58. The van der Waals surface area contributed by atoms with Crippen molar-refractivity contribution in [3.63, 3.8) is 0 Å². The van der Waals surface area contributed by atoms with E-state index in [1.54, 1.807) is 0 Å². The van der Waals surface area contributed by atoms with E-state index in [4.69, 9.17) is 0 Å². The fourth-order valence-corrected chi connectivity index (χ4v) is 1.80. The smallest absolute Gasteiger partial charge is 0.0850 e. The topological polar surface area (TPSA) is 29.9 Å². The van der Waals surface area contributed by atoms with Crippen LogP contribution in [0.2, 0.25) is 0 Å². The Bertz CT molecular complexity index is 315. The molecule has 3 nitrogen and oxygen atoms in total. The minimum Gasteiger partial charge on any atom is -0.316 e. The molecule has 1 aromatic rings. The van der Waals surface area contributed by atoms with Gasteiger partial charge in [0.25, 0.3) is 0 Å². The van der Waals surface area contributed by atoms with Crippen LogP contribution in [0.25, 0.3) is 6.08 Å². The van der Waals surface area contributed by atoms with Gasteiger partial charge in [-0.2, -0.15) is 5.10 Å². The van der Waals surface area contributed by atoms with Crippen LogP contribution in [0.15, 0.2) is 17.8 Å². The summed E-state index contributed by atoms with van der Waals surface area (Å²) in [5.74, 6) is 0. The van der Waals surface area contributed by atoms with Crippen LogP contribution >= 0.6 is 0 Å². The number of aryl methyl sites for hydroxylation is 1. The lowest BCUT2D eigenvalue weighted by Crippen LogP contribution is -2.13. The first-order valence-corrected chi connectivity index (χ1v) is 5.24. The maximum absolute atomic E-state index is 4.36. The number of rotatable bonds is 1. The number of hydrogen-bond acceptors (Lipinski definition) is 2. The van der Waals surface area contributed by atoms with Gasteiger partial charge in [-0.15, -0.1) is 0 Å². The summed E-state index contributed by atoms with van der Waals surface area (Å²) < 4.78 is 1.85. The van der Waals surface area contributed by atoms with E-state index >= 15 is 0 Å². The van der Waals surface area contributed by atoms with Gasteiger partial charge in [0.2, 0.25) is 0 Å². The molecule has 1 fully saturated rings. The van der Waals surface area contributed by atoms with Gasteiger partial charge in [-0.05, 0) is 44.5 Å². The summed E-state index contributed by atoms with van der Waals surface area (Å²) in [6, 6.07) is 2.06. The molecule has 14 heavy (non-hydrogen) atoms. The third kappa shape index (κ3) is 2.45. The molecule has 3 heteroatoms. The van der Waals surface area contributed by atoms with Gasteiger partial charge in [0.1, 0.15) is 0 Å². The predicted molar refractivity (Wildman–Crippen MR) is 57.9 cm³/mol. The van der Waals surface area contributed by atoms with Crippen molar-refractivity contribution in [2.75, 3.05) is 13.1 Å². The molecule has 2 heterocycles. The molecule has 1 aromatic heterocycles. The maximum atomic E-state index is 4.36. The third-order valence-electron chi connectivity index (χ3n) is 2.56. The minimum absolute atomic E-state index is 1.09. The van der Waals surface area contributed by atoms with Crippen molar-refractivity contribution in [2.45, 2.75) is 19.3 Å². The van der Waals surface area contributed by atoms with Crippen LogP contribution in [-0.4, -0.2) is 22.9 Å². The zero-order chi connectivity index (χ0) is 9.80. The van der Waals surface area contributed by atoms with Crippen molar-refractivity contribution in [3.05, 3.63) is 23.5 Å². The molecule has 0 spiro atoms. The van der Waals surface area contributed by atoms with Crippen LogP contribution in [0.1, 0.15) is 25.0 Å². The van der Waals surface area contributed by atoms with Crippen molar-refractivity contribution in [2.24, 2.45) is 7.05 Å². The van der Waals surface area contributed by atoms with E-state index in [1.165, 1.54) is 18.4 Å². The summed E-state index contributed by atoms with van der Waals surface area (Å²) in [6.07, 6.45) is 7.84. The Labute approximate surface area is 84.8 Å². The Morgan fingerprint density at radius 1 is 1.43 bits per heavy atom. The Morgan fingerprint density at radius 2 is 2.36 bits per heavy atom. The third-order valence-corrected chi connectivity index (χ3v) is 2.56. The highest BCUT2D eigenvalue weighted by Crippen LogP contribution is 2.15. The van der Waals surface area contributed by atoms with E-state index in [-0.39, 0.29) is 0 Å². The molecular weight excluding hydrogens is 174 g/mol. The molecule has 0 saturated carbocycles. The standard InChI is InChI=1S/C11H17N3/c1-14-8-5-11(13-14)9-10-3-2-6-12-7-4-10/h5,8-9,12H,2-4,6-7H2,1H3/b10-9-. The Balaban J connectivity index is 2.08. The van der Waals surface area contributed by atoms with E-state index in [0.717, 1.165) is 25.2 Å². The summed E-state index contributed by atoms with van der Waals surface area (Å²) in [5.41, 5.74) is 2.61. The van der Waals surface area contributed by atoms with E-state index in [9.17, 15) is 0 Å². The van der Waals surface area contributed by atoms with Crippen LogP contribution in [0, 0.1) is 0 Å². The summed E-state index contributed by atoms with van der Waals surface area (Å²) in [4.78, 5) is 0. The second kappa shape index (κ2) is 4.42. The van der Waals surface area contributed by atoms with E-state index in [0.29, 0.717) is 0 Å². The van der Waals surface area contributed by atoms with Crippen molar-refractivity contribution >= 4 is 6.08 Å². The summed E-state index contributed by atoms with van der Waals surface area (Å²) in [6.45, 7) is 2.26. The zero-order valence-electron chi connectivity index (χ0n) is 8.66. The van der Waals surface area contributed by atoms with E-state index < -0.39 is 0 Å². The molecule has 1 aliphatic rings. The average Bonchev–Trinajstić information content (AvgIpc) is 2.43. The van der Waals surface area contributed by atoms with Crippen molar-refractivity contribution in [1.29, 1.82) is 0 Å². The van der Waals surface area contributed by atoms with Gasteiger partial charge < -0.3 is 5.32 Å². The van der Waals surface area contributed by atoms with E-state index in [1.807, 2.05) is 17.9 Å². The molecule has 0 aliphatic carbocycles. The van der Waals surface area contributed by atoms with Crippen molar-refractivity contribution in [3.8, 4) is 0 Å². The lowest BCUT2D eigenvalue weighted by Gasteiger charge is -1.99. The monoisotopic (exact) mass is 191 g/mol. The molecule has 0 bridgehead atoms. The maximum Gasteiger partial charge on any atom is 0.0850 e. The second-order valence-corrected chi connectivity index (χ2v) is 3.82. The molecule has 0 radical (unpaired) electrons. The fourth-order valence-electron chi connectivity index (χ4n) is 1.80. The normalized spacial score (nSPS) is 21.1. The molecule has 0 amide bonds. The van der Waals surface area contributed by atoms with Gasteiger partial charge in [0.15, 0.2) is 0 Å². The first kappa shape index (κ1) is 9.46. The summed E-state index contributed by atoms with van der Waals surface area (Å²) >= 11 is 0. The van der Waals surface area contributed by atoms with Crippen LogP contribution < -0.4 is 5.32 Å². The highest BCUT2D eigenvalue weighted by Gasteiger charge is 2.04. The highest BCUT2D eigenvalue weighted by atomic mass is 15.2. The fraction of sp³-hybridized carbons (Fsp3) is 0.545. The number of hydrogen-bond donors (Lipinski definition) is 1. The van der Waals surface area contributed by atoms with Gasteiger partial charge >= 0.3 is 0 Å². The molecule has 1 aliphatic heterocycles. The molecule has 1 N–H and O–H groups in total. The number of nitrogens with one attached hydrogen (secondary N) is 1. The van der Waals surface area contributed by atoms with Gasteiger partial charge in [0.05, 0.1) is 5.69 Å². The average molecular weight is 191 g/mol. The molecule has 0 aromatic carbocycles. The van der Waals surface area contributed by atoms with Crippen LogP contribution in [-0.2, 0) is 7.05 Å². The minimum atomic E-state index is 1.09. The van der Waals surface area contributed by atoms with Crippen LogP contribution in [0.5, 0.6) is 0 Å². The number of nitrogens with zero attached hydrogens (tertiary/aromatic N) is 2. The lowest BCUT2D eigenvalue weighted by atomic mass is 10.1.